The van der Waals surface area contributed by atoms with E-state index in [1.807, 2.05) is 26.8 Å². The number of nitrogens with zero attached hydrogens (tertiary/aromatic N) is 2. The molecule has 0 spiro atoms. The van der Waals surface area contributed by atoms with Crippen molar-refractivity contribution in [1.29, 1.82) is 0 Å². The number of aryl methyl sites for hydroxylation is 2. The van der Waals surface area contributed by atoms with Crippen molar-refractivity contribution in [2.24, 2.45) is 0 Å². The Morgan fingerprint density at radius 3 is 2.42 bits per heavy atom. The SMILES string of the molecule is Cc1cc(C)nc(NC(=O)c2cccc(N)c2C)n1. The Hall–Kier alpha value is -2.43. The van der Waals surface area contributed by atoms with Crippen molar-refractivity contribution in [1.82, 2.24) is 9.97 Å². The monoisotopic (exact) mass is 256 g/mol. The van der Waals surface area contributed by atoms with Crippen molar-refractivity contribution in [3.8, 4) is 0 Å². The third kappa shape index (κ3) is 2.88. The number of carbonyl (C=O) groups excluding carboxylic acids is 1. The van der Waals surface area contributed by atoms with E-state index in [2.05, 4.69) is 15.3 Å². The molecule has 0 unspecified atom stereocenters. The minimum Gasteiger partial charge on any atom is -0.398 e. The van der Waals surface area contributed by atoms with Gasteiger partial charge in [0.2, 0.25) is 5.95 Å². The molecule has 0 saturated heterocycles. The highest BCUT2D eigenvalue weighted by Gasteiger charge is 2.12. The molecule has 0 radical (unpaired) electrons. The largest absolute Gasteiger partial charge is 0.398 e. The van der Waals surface area contributed by atoms with E-state index in [0.29, 0.717) is 17.2 Å². The lowest BCUT2D eigenvalue weighted by Gasteiger charge is -2.09. The van der Waals surface area contributed by atoms with Crippen LogP contribution in [0.15, 0.2) is 24.3 Å². The summed E-state index contributed by atoms with van der Waals surface area (Å²) in [4.78, 5) is 20.5. The van der Waals surface area contributed by atoms with Crippen LogP contribution in [0.5, 0.6) is 0 Å². The molecule has 2 aromatic rings. The molecule has 0 fully saturated rings. The van der Waals surface area contributed by atoms with Gasteiger partial charge >= 0.3 is 0 Å². The highest BCUT2D eigenvalue weighted by atomic mass is 16.1. The number of hydrogen-bond acceptors (Lipinski definition) is 4. The maximum absolute atomic E-state index is 12.2. The second kappa shape index (κ2) is 5.06. The first-order valence-corrected chi connectivity index (χ1v) is 5.96. The van der Waals surface area contributed by atoms with E-state index in [1.54, 1.807) is 18.2 Å². The summed E-state index contributed by atoms with van der Waals surface area (Å²) >= 11 is 0. The number of nitrogens with one attached hydrogen (secondary N) is 1. The predicted molar refractivity (Wildman–Crippen MR) is 75.1 cm³/mol. The topological polar surface area (TPSA) is 80.9 Å². The molecule has 2 rings (SSSR count). The van der Waals surface area contributed by atoms with Crippen LogP contribution in [0, 0.1) is 20.8 Å². The molecule has 5 nitrogen and oxygen atoms in total. The van der Waals surface area contributed by atoms with Crippen LogP contribution in [0.25, 0.3) is 0 Å². The number of aromatic nitrogens is 2. The quantitative estimate of drug-likeness (QED) is 0.807. The van der Waals surface area contributed by atoms with Crippen molar-refractivity contribution < 1.29 is 4.79 Å². The van der Waals surface area contributed by atoms with Crippen molar-refractivity contribution >= 4 is 17.5 Å². The fourth-order valence-corrected chi connectivity index (χ4v) is 1.85. The minimum atomic E-state index is -0.255. The van der Waals surface area contributed by atoms with E-state index in [0.717, 1.165) is 17.0 Å². The standard InChI is InChI=1S/C14H16N4O/c1-8-7-9(2)17-14(16-8)18-13(19)11-5-4-6-12(15)10(11)3/h4-7H,15H2,1-3H3,(H,16,17,18,19). The van der Waals surface area contributed by atoms with Crippen molar-refractivity contribution in [3.05, 3.63) is 46.8 Å². The van der Waals surface area contributed by atoms with Gasteiger partial charge in [-0.25, -0.2) is 9.97 Å². The molecule has 1 amide bonds. The molecule has 1 aromatic heterocycles. The van der Waals surface area contributed by atoms with Gasteiger partial charge < -0.3 is 5.73 Å². The first-order valence-electron chi connectivity index (χ1n) is 5.96. The van der Waals surface area contributed by atoms with E-state index in [9.17, 15) is 4.79 Å². The van der Waals surface area contributed by atoms with Gasteiger partial charge in [0.15, 0.2) is 0 Å². The normalized spacial score (nSPS) is 10.3. The fourth-order valence-electron chi connectivity index (χ4n) is 1.85. The first kappa shape index (κ1) is 13.0. The number of anilines is 2. The zero-order valence-electron chi connectivity index (χ0n) is 11.2. The maximum Gasteiger partial charge on any atom is 0.258 e. The van der Waals surface area contributed by atoms with Gasteiger partial charge in [-0.05, 0) is 44.5 Å². The third-order valence-electron chi connectivity index (χ3n) is 2.83. The first-order chi connectivity index (χ1) is 8.97. The number of benzene rings is 1. The lowest BCUT2D eigenvalue weighted by Crippen LogP contribution is -2.16. The minimum absolute atomic E-state index is 0.255. The number of hydrogen-bond donors (Lipinski definition) is 2. The molecule has 0 aliphatic heterocycles. The number of amides is 1. The summed E-state index contributed by atoms with van der Waals surface area (Å²) in [6, 6.07) is 7.09. The van der Waals surface area contributed by atoms with Crippen LogP contribution in [-0.2, 0) is 0 Å². The summed E-state index contributed by atoms with van der Waals surface area (Å²) < 4.78 is 0. The van der Waals surface area contributed by atoms with Crippen LogP contribution in [0.1, 0.15) is 27.3 Å². The summed E-state index contributed by atoms with van der Waals surface area (Å²) in [5, 5.41) is 2.69. The van der Waals surface area contributed by atoms with Gasteiger partial charge in [-0.15, -0.1) is 0 Å². The van der Waals surface area contributed by atoms with E-state index in [-0.39, 0.29) is 5.91 Å². The molecule has 1 heterocycles. The highest BCUT2D eigenvalue weighted by Crippen LogP contribution is 2.16. The van der Waals surface area contributed by atoms with Gasteiger partial charge in [-0.3, -0.25) is 10.1 Å². The molecule has 0 aliphatic rings. The lowest BCUT2D eigenvalue weighted by atomic mass is 10.1. The van der Waals surface area contributed by atoms with Gasteiger partial charge in [0.1, 0.15) is 0 Å². The predicted octanol–water partition coefficient (Wildman–Crippen LogP) is 2.24. The van der Waals surface area contributed by atoms with Crippen molar-refractivity contribution in [3.63, 3.8) is 0 Å². The highest BCUT2D eigenvalue weighted by molar-refractivity contribution is 6.05. The second-order valence-electron chi connectivity index (χ2n) is 4.45. The Morgan fingerprint density at radius 1 is 1.16 bits per heavy atom. The summed E-state index contributed by atoms with van der Waals surface area (Å²) in [6.45, 7) is 5.53. The molecule has 98 valence electrons. The summed E-state index contributed by atoms with van der Waals surface area (Å²) in [6.07, 6.45) is 0. The van der Waals surface area contributed by atoms with Crippen LogP contribution in [0.3, 0.4) is 0 Å². The molecule has 5 heteroatoms. The Kier molecular flexibility index (Phi) is 3.46. The molecule has 0 atom stereocenters. The summed E-state index contributed by atoms with van der Waals surface area (Å²) in [5.74, 6) is 0.0547. The number of carbonyl (C=O) groups is 1. The van der Waals surface area contributed by atoms with Crippen LogP contribution < -0.4 is 11.1 Å². The molecule has 1 aromatic carbocycles. The second-order valence-corrected chi connectivity index (χ2v) is 4.45. The van der Waals surface area contributed by atoms with Gasteiger partial charge in [-0.2, -0.15) is 0 Å². The number of rotatable bonds is 2. The Bertz CT molecular complexity index is 617. The average molecular weight is 256 g/mol. The summed E-state index contributed by atoms with van der Waals surface area (Å²) in [7, 11) is 0. The molecule has 19 heavy (non-hydrogen) atoms. The molecule has 0 saturated carbocycles. The van der Waals surface area contributed by atoms with Gasteiger partial charge in [-0.1, -0.05) is 6.07 Å². The van der Waals surface area contributed by atoms with E-state index >= 15 is 0 Å². The van der Waals surface area contributed by atoms with E-state index < -0.39 is 0 Å². The number of nitrogens with two attached hydrogens (primary N) is 1. The van der Waals surface area contributed by atoms with E-state index in [4.69, 9.17) is 5.73 Å². The molecule has 0 aliphatic carbocycles. The van der Waals surface area contributed by atoms with Crippen molar-refractivity contribution in [2.75, 3.05) is 11.1 Å². The third-order valence-corrected chi connectivity index (χ3v) is 2.83. The van der Waals surface area contributed by atoms with Crippen LogP contribution >= 0.6 is 0 Å². The lowest BCUT2D eigenvalue weighted by molar-refractivity contribution is 0.102. The summed E-state index contributed by atoms with van der Waals surface area (Å²) in [5.41, 5.74) is 9.29. The molecule has 3 N–H and O–H groups in total. The zero-order valence-corrected chi connectivity index (χ0v) is 11.2. The van der Waals surface area contributed by atoms with Crippen molar-refractivity contribution in [2.45, 2.75) is 20.8 Å². The molecular weight excluding hydrogens is 240 g/mol. The van der Waals surface area contributed by atoms with Gasteiger partial charge in [0.05, 0.1) is 0 Å². The molecular formula is C14H16N4O. The van der Waals surface area contributed by atoms with Crippen LogP contribution in [0.2, 0.25) is 0 Å². The fraction of sp³-hybridized carbons (Fsp3) is 0.214. The van der Waals surface area contributed by atoms with Gasteiger partial charge in [0, 0.05) is 22.6 Å². The zero-order chi connectivity index (χ0) is 14.0. The van der Waals surface area contributed by atoms with Gasteiger partial charge in [0.25, 0.3) is 5.91 Å². The van der Waals surface area contributed by atoms with Crippen LogP contribution in [0.4, 0.5) is 11.6 Å². The smallest absolute Gasteiger partial charge is 0.258 e. The number of nitrogen functional groups attached to an aromatic ring is 1. The Balaban J connectivity index is 2.28. The Morgan fingerprint density at radius 2 is 1.79 bits per heavy atom. The van der Waals surface area contributed by atoms with Crippen LogP contribution in [-0.4, -0.2) is 15.9 Å². The van der Waals surface area contributed by atoms with E-state index in [1.165, 1.54) is 0 Å². The average Bonchev–Trinajstić information content (AvgIpc) is 2.31. The maximum atomic E-state index is 12.2. The Labute approximate surface area is 111 Å². The molecule has 0 bridgehead atoms.